The minimum Gasteiger partial charge on any atom is -0.478 e. The molecular weight excluding hydrogens is 548 g/mol. The van der Waals surface area contributed by atoms with E-state index < -0.39 is 12.1 Å². The van der Waals surface area contributed by atoms with Gasteiger partial charge >= 0.3 is 5.97 Å². The molecule has 0 bridgehead atoms. The Balaban J connectivity index is 1.65. The number of carboxylic acids is 1. The number of aromatic nitrogens is 2. The van der Waals surface area contributed by atoms with Crippen LogP contribution in [0.1, 0.15) is 82.6 Å². The van der Waals surface area contributed by atoms with Crippen LogP contribution in [0.25, 0.3) is 11.4 Å². The van der Waals surface area contributed by atoms with Crippen molar-refractivity contribution in [3.8, 4) is 11.4 Å². The molecule has 0 saturated heterocycles. The lowest BCUT2D eigenvalue weighted by Crippen LogP contribution is -2.42. The number of nitrogens with one attached hydrogen (secondary N) is 2. The third-order valence-electron chi connectivity index (χ3n) is 8.00. The van der Waals surface area contributed by atoms with E-state index in [-0.39, 0.29) is 41.9 Å². The minimum absolute atomic E-state index is 0.0112. The van der Waals surface area contributed by atoms with Gasteiger partial charge in [-0.05, 0) is 48.6 Å². The zero-order valence-corrected chi connectivity index (χ0v) is 25.2. The number of nitrogens with zero attached hydrogens (tertiary/aromatic N) is 2. The number of methoxy groups -OCH3 is 1. The van der Waals surface area contributed by atoms with E-state index in [0.717, 1.165) is 36.8 Å². The number of aromatic amines is 1. The first-order valence-corrected chi connectivity index (χ1v) is 15.0. The van der Waals surface area contributed by atoms with Crippen molar-refractivity contribution in [1.29, 1.82) is 0 Å². The number of benzene rings is 2. The van der Waals surface area contributed by atoms with Gasteiger partial charge in [-0.2, -0.15) is 0 Å². The largest absolute Gasteiger partial charge is 0.478 e. The summed E-state index contributed by atoms with van der Waals surface area (Å²) in [4.78, 5) is 48.9. The van der Waals surface area contributed by atoms with Gasteiger partial charge in [-0.3, -0.25) is 9.59 Å². The molecule has 0 aliphatic carbocycles. The molecule has 43 heavy (non-hydrogen) atoms. The van der Waals surface area contributed by atoms with Crippen LogP contribution in [0.15, 0.2) is 42.6 Å². The first kappa shape index (κ1) is 32.1. The summed E-state index contributed by atoms with van der Waals surface area (Å²) >= 11 is 0. The summed E-state index contributed by atoms with van der Waals surface area (Å²) in [6, 6.07) is 9.74. The van der Waals surface area contributed by atoms with Crippen LogP contribution in [0.2, 0.25) is 0 Å². The van der Waals surface area contributed by atoms with Gasteiger partial charge in [-0.15, -0.1) is 0 Å². The highest BCUT2D eigenvalue weighted by molar-refractivity contribution is 6.14. The van der Waals surface area contributed by atoms with Crippen molar-refractivity contribution in [2.45, 2.75) is 71.1 Å². The minimum atomic E-state index is -1.14. The van der Waals surface area contributed by atoms with Gasteiger partial charge in [-0.25, -0.2) is 9.78 Å². The molecule has 1 amide bonds. The van der Waals surface area contributed by atoms with E-state index in [0.29, 0.717) is 48.7 Å². The summed E-state index contributed by atoms with van der Waals surface area (Å²) < 4.78 is 5.62. The number of ketones is 1. The highest BCUT2D eigenvalue weighted by Gasteiger charge is 2.27. The van der Waals surface area contributed by atoms with Crippen LogP contribution in [0.4, 0.5) is 0 Å². The van der Waals surface area contributed by atoms with Crippen LogP contribution in [-0.4, -0.2) is 81.7 Å². The Labute approximate surface area is 252 Å². The second-order valence-electron chi connectivity index (χ2n) is 11.0. The highest BCUT2D eigenvalue weighted by Crippen LogP contribution is 2.29. The predicted molar refractivity (Wildman–Crippen MR) is 163 cm³/mol. The molecule has 2 unspecified atom stereocenters. The maximum atomic E-state index is 14.1. The van der Waals surface area contributed by atoms with Crippen LogP contribution in [0.5, 0.6) is 0 Å². The SMILES string of the molecule is CCCCN(CCCC)C(=O)C(Cc1cnc(-c2ccc(C(=O)O)cc2C(=O)c2cccc3c2CC(CO)NC3)[nH]1)OC. The van der Waals surface area contributed by atoms with Crippen molar-refractivity contribution >= 4 is 17.7 Å². The van der Waals surface area contributed by atoms with Gasteiger partial charge in [0.25, 0.3) is 5.91 Å². The van der Waals surface area contributed by atoms with Crippen molar-refractivity contribution in [1.82, 2.24) is 20.2 Å². The number of imidazole rings is 1. The molecule has 0 radical (unpaired) electrons. The number of carbonyl (C=O) groups is 3. The summed E-state index contributed by atoms with van der Waals surface area (Å²) in [6.07, 6.45) is 5.51. The fourth-order valence-electron chi connectivity index (χ4n) is 5.48. The Morgan fingerprint density at radius 3 is 2.49 bits per heavy atom. The van der Waals surface area contributed by atoms with E-state index in [1.807, 2.05) is 17.0 Å². The Bertz CT molecular complexity index is 1430. The molecule has 0 spiro atoms. The Morgan fingerprint density at radius 1 is 1.09 bits per heavy atom. The van der Waals surface area contributed by atoms with E-state index >= 15 is 0 Å². The number of H-pyrrole nitrogens is 1. The summed E-state index contributed by atoms with van der Waals surface area (Å²) in [7, 11) is 1.52. The molecule has 10 heteroatoms. The average molecular weight is 591 g/mol. The molecule has 3 aromatic rings. The Kier molecular flexibility index (Phi) is 11.2. The maximum absolute atomic E-state index is 14.1. The van der Waals surface area contributed by atoms with Crippen LogP contribution in [0.3, 0.4) is 0 Å². The van der Waals surface area contributed by atoms with Crippen molar-refractivity contribution in [3.63, 3.8) is 0 Å². The lowest BCUT2D eigenvalue weighted by atomic mass is 9.87. The molecular formula is C33H42N4O6. The van der Waals surface area contributed by atoms with Gasteiger partial charge in [0.2, 0.25) is 0 Å². The zero-order valence-electron chi connectivity index (χ0n) is 25.2. The van der Waals surface area contributed by atoms with Crippen molar-refractivity contribution in [2.75, 3.05) is 26.8 Å². The molecule has 4 rings (SSSR count). The molecule has 2 aromatic carbocycles. The molecule has 2 heterocycles. The zero-order chi connectivity index (χ0) is 30.9. The molecule has 230 valence electrons. The number of amides is 1. The number of hydrogen-bond acceptors (Lipinski definition) is 7. The number of unbranched alkanes of at least 4 members (excludes halogenated alkanes) is 2. The standard InChI is InChI=1S/C33H42N4O6/c1-4-6-13-37(14-7-5-2)32(40)29(43-3)17-23-19-35-31(36-23)26-12-11-21(33(41)42)15-28(26)30(39)25-10-8-9-22-18-34-24(20-38)16-27(22)25/h8-12,15,19,24,29,34,38H,4-7,13-14,16-18,20H2,1-3H3,(H,35,36)(H,41,42). The van der Waals surface area contributed by atoms with E-state index in [9.17, 15) is 24.6 Å². The molecule has 0 saturated carbocycles. The first-order chi connectivity index (χ1) is 20.8. The van der Waals surface area contributed by atoms with Gasteiger partial charge in [0, 0.05) is 67.8 Å². The van der Waals surface area contributed by atoms with Crippen LogP contribution >= 0.6 is 0 Å². The normalized spacial score (nSPS) is 15.1. The van der Waals surface area contributed by atoms with Crippen molar-refractivity contribution in [3.05, 3.63) is 76.1 Å². The molecule has 1 aliphatic rings. The van der Waals surface area contributed by atoms with Crippen molar-refractivity contribution in [2.24, 2.45) is 0 Å². The number of carbonyl (C=O) groups excluding carboxylic acids is 2. The average Bonchev–Trinajstić information content (AvgIpc) is 3.50. The smallest absolute Gasteiger partial charge is 0.335 e. The second kappa shape index (κ2) is 15.0. The number of rotatable bonds is 15. The quantitative estimate of drug-likeness (QED) is 0.195. The van der Waals surface area contributed by atoms with E-state index in [1.54, 1.807) is 18.3 Å². The van der Waals surface area contributed by atoms with E-state index in [4.69, 9.17) is 4.74 Å². The first-order valence-electron chi connectivity index (χ1n) is 15.0. The van der Waals surface area contributed by atoms with Gasteiger partial charge in [0.05, 0.1) is 12.2 Å². The molecule has 10 nitrogen and oxygen atoms in total. The molecule has 0 fully saturated rings. The highest BCUT2D eigenvalue weighted by atomic mass is 16.5. The Hall–Kier alpha value is -3.86. The molecule has 1 aliphatic heterocycles. The lowest BCUT2D eigenvalue weighted by Gasteiger charge is -2.26. The van der Waals surface area contributed by atoms with Crippen LogP contribution in [0, 0.1) is 0 Å². The van der Waals surface area contributed by atoms with Crippen LogP contribution < -0.4 is 5.32 Å². The van der Waals surface area contributed by atoms with E-state index in [2.05, 4.69) is 29.1 Å². The number of aliphatic hydroxyl groups is 1. The third-order valence-corrected chi connectivity index (χ3v) is 8.00. The summed E-state index contributed by atoms with van der Waals surface area (Å²) in [6.45, 7) is 6.03. The fourth-order valence-corrected chi connectivity index (χ4v) is 5.48. The number of aromatic carboxylic acids is 1. The van der Waals surface area contributed by atoms with Crippen LogP contribution in [-0.2, 0) is 28.9 Å². The van der Waals surface area contributed by atoms with Gasteiger partial charge in [-0.1, -0.05) is 44.9 Å². The molecule has 4 N–H and O–H groups in total. The van der Waals surface area contributed by atoms with E-state index in [1.165, 1.54) is 19.2 Å². The van der Waals surface area contributed by atoms with Gasteiger partial charge in [0.15, 0.2) is 5.78 Å². The summed E-state index contributed by atoms with van der Waals surface area (Å²) in [5, 5.41) is 22.7. The number of hydrogen-bond donors (Lipinski definition) is 4. The number of aliphatic hydroxyl groups excluding tert-OH is 1. The number of carboxylic acid groups (broad SMARTS) is 1. The molecule has 1 aromatic heterocycles. The maximum Gasteiger partial charge on any atom is 0.335 e. The summed E-state index contributed by atoms with van der Waals surface area (Å²) in [5.74, 6) is -1.13. The lowest BCUT2D eigenvalue weighted by molar-refractivity contribution is -0.142. The monoisotopic (exact) mass is 590 g/mol. The topological polar surface area (TPSA) is 145 Å². The fraction of sp³-hybridized carbons (Fsp3) is 0.455. The van der Waals surface area contributed by atoms with Crippen molar-refractivity contribution < 1.29 is 29.3 Å². The Morgan fingerprint density at radius 2 is 1.84 bits per heavy atom. The summed E-state index contributed by atoms with van der Waals surface area (Å²) in [5.41, 5.74) is 3.59. The third kappa shape index (κ3) is 7.57. The number of ether oxygens (including phenoxy) is 1. The van der Waals surface area contributed by atoms with Gasteiger partial charge in [0.1, 0.15) is 11.9 Å². The second-order valence-corrected chi connectivity index (χ2v) is 11.0. The predicted octanol–water partition coefficient (Wildman–Crippen LogP) is 4.00. The molecule has 2 atom stereocenters. The van der Waals surface area contributed by atoms with Gasteiger partial charge < -0.3 is 30.2 Å². The number of fused-ring (bicyclic) bond motifs is 1.